The first kappa shape index (κ1) is 13.6. The second-order valence-electron chi connectivity index (χ2n) is 3.90. The number of hydrogen-bond acceptors (Lipinski definition) is 5. The number of aromatic carboxylic acids is 1. The highest BCUT2D eigenvalue weighted by molar-refractivity contribution is 5.95. The zero-order valence-corrected chi connectivity index (χ0v) is 10.7. The van der Waals surface area contributed by atoms with Crippen LogP contribution in [-0.2, 0) is 4.74 Å². The molecule has 3 N–H and O–H groups in total. The van der Waals surface area contributed by atoms with Crippen molar-refractivity contribution < 1.29 is 19.4 Å². The van der Waals surface area contributed by atoms with Crippen molar-refractivity contribution in [3.63, 3.8) is 0 Å². The standard InChI is InChI=1S/C13H13N3O4/c1-2-20-13(19)9-7-15-16(11(9)14)10-6-4-3-5-8(10)12(17)18/h3-7H,2,14H2,1H3,(H,17,18). The van der Waals surface area contributed by atoms with E-state index in [1.54, 1.807) is 25.1 Å². The van der Waals surface area contributed by atoms with Gasteiger partial charge < -0.3 is 15.6 Å². The molecular formula is C13H13N3O4. The van der Waals surface area contributed by atoms with Crippen LogP contribution in [0.15, 0.2) is 30.5 Å². The van der Waals surface area contributed by atoms with Crippen LogP contribution in [-0.4, -0.2) is 33.4 Å². The molecular weight excluding hydrogens is 262 g/mol. The molecule has 1 heterocycles. The topological polar surface area (TPSA) is 107 Å². The van der Waals surface area contributed by atoms with Gasteiger partial charge >= 0.3 is 11.9 Å². The van der Waals surface area contributed by atoms with E-state index in [1.807, 2.05) is 0 Å². The Morgan fingerprint density at radius 2 is 2.05 bits per heavy atom. The van der Waals surface area contributed by atoms with Gasteiger partial charge in [-0.3, -0.25) is 0 Å². The number of carboxylic acid groups (broad SMARTS) is 1. The molecule has 7 nitrogen and oxygen atoms in total. The largest absolute Gasteiger partial charge is 0.478 e. The van der Waals surface area contributed by atoms with Crippen LogP contribution in [0.1, 0.15) is 27.6 Å². The number of aromatic nitrogens is 2. The van der Waals surface area contributed by atoms with Crippen LogP contribution in [0.2, 0.25) is 0 Å². The Balaban J connectivity index is 2.50. The summed E-state index contributed by atoms with van der Waals surface area (Å²) in [4.78, 5) is 22.8. The third-order valence-electron chi connectivity index (χ3n) is 2.66. The van der Waals surface area contributed by atoms with Crippen molar-refractivity contribution >= 4 is 17.8 Å². The first-order chi connectivity index (χ1) is 9.56. The van der Waals surface area contributed by atoms with Gasteiger partial charge in [0.05, 0.1) is 24.1 Å². The molecule has 20 heavy (non-hydrogen) atoms. The third-order valence-corrected chi connectivity index (χ3v) is 2.66. The summed E-state index contributed by atoms with van der Waals surface area (Å²) in [7, 11) is 0. The number of nitrogen functional groups attached to an aromatic ring is 1. The number of esters is 1. The highest BCUT2D eigenvalue weighted by Crippen LogP contribution is 2.21. The lowest BCUT2D eigenvalue weighted by Gasteiger charge is -2.08. The fourth-order valence-electron chi connectivity index (χ4n) is 1.76. The fraction of sp³-hybridized carbons (Fsp3) is 0.154. The number of anilines is 1. The van der Waals surface area contributed by atoms with Crippen molar-refractivity contribution in [3.8, 4) is 5.69 Å². The molecule has 0 fully saturated rings. The van der Waals surface area contributed by atoms with Gasteiger partial charge in [0.2, 0.25) is 0 Å². The van der Waals surface area contributed by atoms with E-state index in [0.717, 1.165) is 0 Å². The van der Waals surface area contributed by atoms with Gasteiger partial charge in [0, 0.05) is 0 Å². The Labute approximate surface area is 114 Å². The van der Waals surface area contributed by atoms with E-state index in [9.17, 15) is 9.59 Å². The van der Waals surface area contributed by atoms with E-state index < -0.39 is 11.9 Å². The van der Waals surface area contributed by atoms with Crippen LogP contribution < -0.4 is 5.73 Å². The molecule has 0 radical (unpaired) electrons. The number of nitrogens with zero attached hydrogens (tertiary/aromatic N) is 2. The molecule has 2 aromatic rings. The first-order valence-corrected chi connectivity index (χ1v) is 5.89. The maximum absolute atomic E-state index is 11.7. The highest BCUT2D eigenvalue weighted by Gasteiger charge is 2.19. The molecule has 0 aliphatic rings. The van der Waals surface area contributed by atoms with Crippen LogP contribution >= 0.6 is 0 Å². The summed E-state index contributed by atoms with van der Waals surface area (Å²) in [5.74, 6) is -1.66. The zero-order chi connectivity index (χ0) is 14.7. The van der Waals surface area contributed by atoms with Gasteiger partial charge in [-0.05, 0) is 19.1 Å². The number of carbonyl (C=O) groups is 2. The van der Waals surface area contributed by atoms with E-state index in [-0.39, 0.29) is 29.2 Å². The van der Waals surface area contributed by atoms with Gasteiger partial charge in [-0.15, -0.1) is 0 Å². The van der Waals surface area contributed by atoms with E-state index in [4.69, 9.17) is 15.6 Å². The van der Waals surface area contributed by atoms with Gasteiger partial charge in [0.15, 0.2) is 0 Å². The van der Waals surface area contributed by atoms with E-state index in [0.29, 0.717) is 0 Å². The summed E-state index contributed by atoms with van der Waals surface area (Å²) in [5.41, 5.74) is 6.27. The average molecular weight is 275 g/mol. The van der Waals surface area contributed by atoms with Crippen LogP contribution in [0.3, 0.4) is 0 Å². The van der Waals surface area contributed by atoms with E-state index in [1.165, 1.54) is 16.9 Å². The Bertz CT molecular complexity index is 663. The Hall–Kier alpha value is -2.83. The number of carboxylic acids is 1. The Kier molecular flexibility index (Phi) is 3.69. The predicted octanol–water partition coefficient (Wildman–Crippen LogP) is 1.33. The minimum absolute atomic E-state index is 0.0390. The molecule has 0 saturated carbocycles. The molecule has 0 spiro atoms. The summed E-state index contributed by atoms with van der Waals surface area (Å²) in [5, 5.41) is 13.1. The van der Waals surface area contributed by atoms with Crippen molar-refractivity contribution in [1.82, 2.24) is 9.78 Å². The number of ether oxygens (including phenoxy) is 1. The maximum Gasteiger partial charge on any atom is 0.343 e. The lowest BCUT2D eigenvalue weighted by Crippen LogP contribution is -2.11. The third kappa shape index (κ3) is 2.33. The minimum Gasteiger partial charge on any atom is -0.478 e. The number of nitrogens with two attached hydrogens (primary N) is 1. The van der Waals surface area contributed by atoms with Crippen molar-refractivity contribution in [2.75, 3.05) is 12.3 Å². The highest BCUT2D eigenvalue weighted by atomic mass is 16.5. The summed E-state index contributed by atoms with van der Waals surface area (Å²) in [6.45, 7) is 1.90. The SMILES string of the molecule is CCOC(=O)c1cnn(-c2ccccc2C(=O)O)c1N. The monoisotopic (exact) mass is 275 g/mol. The molecule has 0 aliphatic heterocycles. The van der Waals surface area contributed by atoms with Gasteiger partial charge in [-0.2, -0.15) is 5.10 Å². The quantitative estimate of drug-likeness (QED) is 0.815. The summed E-state index contributed by atoms with van der Waals surface area (Å²) >= 11 is 0. The summed E-state index contributed by atoms with van der Waals surface area (Å²) in [6.07, 6.45) is 1.26. The smallest absolute Gasteiger partial charge is 0.343 e. The number of para-hydroxylation sites is 1. The molecule has 1 aromatic heterocycles. The van der Waals surface area contributed by atoms with Gasteiger partial charge in [0.1, 0.15) is 11.4 Å². The second-order valence-corrected chi connectivity index (χ2v) is 3.90. The van der Waals surface area contributed by atoms with Crippen LogP contribution in [0, 0.1) is 0 Å². The van der Waals surface area contributed by atoms with Crippen molar-refractivity contribution in [1.29, 1.82) is 0 Å². The number of hydrogen-bond donors (Lipinski definition) is 2. The second kappa shape index (κ2) is 5.43. The van der Waals surface area contributed by atoms with Gasteiger partial charge in [-0.1, -0.05) is 12.1 Å². The van der Waals surface area contributed by atoms with Crippen LogP contribution in [0.25, 0.3) is 5.69 Å². The van der Waals surface area contributed by atoms with Crippen LogP contribution in [0.4, 0.5) is 5.82 Å². The summed E-state index contributed by atoms with van der Waals surface area (Å²) in [6, 6.07) is 6.25. The molecule has 7 heteroatoms. The lowest BCUT2D eigenvalue weighted by atomic mass is 10.2. The fourth-order valence-corrected chi connectivity index (χ4v) is 1.76. The minimum atomic E-state index is -1.10. The van der Waals surface area contributed by atoms with E-state index in [2.05, 4.69) is 5.10 Å². The molecule has 104 valence electrons. The average Bonchev–Trinajstić information content (AvgIpc) is 2.80. The normalized spacial score (nSPS) is 10.2. The lowest BCUT2D eigenvalue weighted by molar-refractivity contribution is 0.0527. The van der Waals surface area contributed by atoms with Gasteiger partial charge in [0.25, 0.3) is 0 Å². The summed E-state index contributed by atoms with van der Waals surface area (Å²) < 4.78 is 6.05. The molecule has 2 rings (SSSR count). The van der Waals surface area contributed by atoms with E-state index >= 15 is 0 Å². The number of rotatable bonds is 4. The Morgan fingerprint density at radius 1 is 1.35 bits per heavy atom. The van der Waals surface area contributed by atoms with Gasteiger partial charge in [-0.25, -0.2) is 14.3 Å². The first-order valence-electron chi connectivity index (χ1n) is 5.89. The molecule has 0 amide bonds. The maximum atomic E-state index is 11.7. The number of benzene rings is 1. The van der Waals surface area contributed by atoms with Crippen molar-refractivity contribution in [2.45, 2.75) is 6.92 Å². The molecule has 0 aliphatic carbocycles. The predicted molar refractivity (Wildman–Crippen MR) is 70.9 cm³/mol. The number of carbonyl (C=O) groups excluding carboxylic acids is 1. The van der Waals surface area contributed by atoms with Crippen LogP contribution in [0.5, 0.6) is 0 Å². The molecule has 0 saturated heterocycles. The van der Waals surface area contributed by atoms with Crippen molar-refractivity contribution in [2.24, 2.45) is 0 Å². The molecule has 0 bridgehead atoms. The molecule has 0 atom stereocenters. The van der Waals surface area contributed by atoms with Crippen molar-refractivity contribution in [3.05, 3.63) is 41.6 Å². The molecule has 0 unspecified atom stereocenters. The zero-order valence-electron chi connectivity index (χ0n) is 10.7. The molecule has 1 aromatic carbocycles. The Morgan fingerprint density at radius 3 is 2.70 bits per heavy atom.